The third-order valence-corrected chi connectivity index (χ3v) is 5.65. The number of methoxy groups -OCH3 is 3. The maximum atomic E-state index is 13.3. The Labute approximate surface area is 186 Å². The Bertz CT molecular complexity index is 1060. The lowest BCUT2D eigenvalue weighted by Crippen LogP contribution is -2.44. The predicted octanol–water partition coefficient (Wildman–Crippen LogP) is 4.80. The first-order valence-corrected chi connectivity index (χ1v) is 10.2. The van der Waals surface area contributed by atoms with Crippen molar-refractivity contribution in [1.29, 1.82) is 0 Å². The Morgan fingerprint density at radius 3 is 2.29 bits per heavy atom. The molecule has 3 aromatic rings. The van der Waals surface area contributed by atoms with Crippen LogP contribution in [0.5, 0.6) is 17.2 Å². The molecule has 7 nitrogen and oxygen atoms in total. The summed E-state index contributed by atoms with van der Waals surface area (Å²) < 4.78 is 18.7. The number of carbonyl (C=O) groups is 1. The summed E-state index contributed by atoms with van der Waals surface area (Å²) in [5, 5.41) is 3.59. The van der Waals surface area contributed by atoms with Crippen molar-refractivity contribution in [3.05, 3.63) is 71.0 Å². The van der Waals surface area contributed by atoms with E-state index in [4.69, 9.17) is 25.8 Å². The number of hydrogen-bond acceptors (Lipinski definition) is 4. The maximum Gasteiger partial charge on any atom is 0.322 e. The van der Waals surface area contributed by atoms with Crippen LogP contribution in [0.25, 0.3) is 0 Å². The number of urea groups is 1. The summed E-state index contributed by atoms with van der Waals surface area (Å²) in [7, 11) is 4.73. The average Bonchev–Trinajstić information content (AvgIpc) is 3.27. The second-order valence-corrected chi connectivity index (χ2v) is 7.55. The quantitative estimate of drug-likeness (QED) is 0.617. The zero-order valence-electron chi connectivity index (χ0n) is 17.6. The number of nitrogens with one attached hydrogen (secondary N) is 1. The molecule has 8 heteroatoms. The third-order valence-electron chi connectivity index (χ3n) is 5.40. The van der Waals surface area contributed by atoms with Gasteiger partial charge in [-0.3, -0.25) is 0 Å². The molecule has 31 heavy (non-hydrogen) atoms. The smallest absolute Gasteiger partial charge is 0.322 e. The summed E-state index contributed by atoms with van der Waals surface area (Å²) in [5.74, 6) is 1.59. The van der Waals surface area contributed by atoms with Gasteiger partial charge in [0, 0.05) is 35.7 Å². The molecular formula is C23H24ClN3O4. The normalized spacial score (nSPS) is 15.2. The van der Waals surface area contributed by atoms with E-state index in [1.807, 2.05) is 35.4 Å². The van der Waals surface area contributed by atoms with Crippen LogP contribution in [0.4, 0.5) is 10.5 Å². The average molecular weight is 442 g/mol. The van der Waals surface area contributed by atoms with Gasteiger partial charge in [0.2, 0.25) is 5.75 Å². The molecule has 1 N–H and O–H groups in total. The second kappa shape index (κ2) is 8.81. The molecule has 1 aromatic heterocycles. The van der Waals surface area contributed by atoms with Gasteiger partial charge in [-0.1, -0.05) is 11.6 Å². The van der Waals surface area contributed by atoms with E-state index in [0.717, 1.165) is 11.3 Å². The van der Waals surface area contributed by atoms with Crippen LogP contribution in [0.15, 0.2) is 54.7 Å². The number of fused-ring (bicyclic) bond motifs is 1. The van der Waals surface area contributed by atoms with Crippen LogP contribution < -0.4 is 19.5 Å². The van der Waals surface area contributed by atoms with Crippen LogP contribution in [0, 0.1) is 0 Å². The summed E-state index contributed by atoms with van der Waals surface area (Å²) in [4.78, 5) is 15.1. The zero-order valence-corrected chi connectivity index (χ0v) is 18.3. The van der Waals surface area contributed by atoms with Crippen LogP contribution in [-0.4, -0.2) is 43.4 Å². The van der Waals surface area contributed by atoms with Crippen LogP contribution in [0.1, 0.15) is 17.3 Å². The molecule has 0 radical (unpaired) electrons. The molecule has 0 fully saturated rings. The lowest BCUT2D eigenvalue weighted by atomic mass is 9.99. The van der Waals surface area contributed by atoms with Crippen molar-refractivity contribution in [3.63, 3.8) is 0 Å². The van der Waals surface area contributed by atoms with Gasteiger partial charge in [-0.2, -0.15) is 0 Å². The number of aromatic nitrogens is 1. The number of nitrogens with zero attached hydrogens (tertiary/aromatic N) is 2. The highest BCUT2D eigenvalue weighted by Gasteiger charge is 2.33. The van der Waals surface area contributed by atoms with E-state index in [9.17, 15) is 4.79 Å². The minimum Gasteiger partial charge on any atom is -0.493 e. The molecule has 0 bridgehead atoms. The van der Waals surface area contributed by atoms with E-state index in [-0.39, 0.29) is 12.1 Å². The van der Waals surface area contributed by atoms with Crippen LogP contribution in [0.2, 0.25) is 5.02 Å². The number of benzene rings is 2. The van der Waals surface area contributed by atoms with Crippen molar-refractivity contribution in [2.45, 2.75) is 12.6 Å². The number of ether oxygens (including phenoxy) is 3. The molecule has 2 amide bonds. The second-order valence-electron chi connectivity index (χ2n) is 7.12. The van der Waals surface area contributed by atoms with Gasteiger partial charge in [0.25, 0.3) is 0 Å². The summed E-state index contributed by atoms with van der Waals surface area (Å²) >= 11 is 5.97. The monoisotopic (exact) mass is 441 g/mol. The van der Waals surface area contributed by atoms with E-state index in [1.165, 1.54) is 0 Å². The molecule has 1 atom stereocenters. The minimum absolute atomic E-state index is 0.200. The van der Waals surface area contributed by atoms with E-state index < -0.39 is 0 Å². The first-order chi connectivity index (χ1) is 15.0. The summed E-state index contributed by atoms with van der Waals surface area (Å²) in [6, 6.07) is 14.3. The highest BCUT2D eigenvalue weighted by molar-refractivity contribution is 6.30. The van der Waals surface area contributed by atoms with Gasteiger partial charge < -0.3 is 29.0 Å². The lowest BCUT2D eigenvalue weighted by Gasteiger charge is -2.37. The van der Waals surface area contributed by atoms with E-state index in [0.29, 0.717) is 41.0 Å². The molecule has 0 aliphatic carbocycles. The topological polar surface area (TPSA) is 65.0 Å². The van der Waals surface area contributed by atoms with Crippen molar-refractivity contribution >= 4 is 23.3 Å². The van der Waals surface area contributed by atoms with Crippen molar-refractivity contribution < 1.29 is 19.0 Å². The highest BCUT2D eigenvalue weighted by Crippen LogP contribution is 2.43. The van der Waals surface area contributed by atoms with Gasteiger partial charge >= 0.3 is 6.03 Å². The van der Waals surface area contributed by atoms with Crippen molar-refractivity contribution in [2.75, 3.05) is 33.2 Å². The molecule has 0 saturated heterocycles. The fourth-order valence-corrected chi connectivity index (χ4v) is 4.07. The summed E-state index contributed by atoms with van der Waals surface area (Å²) in [6.45, 7) is 1.25. The van der Waals surface area contributed by atoms with Crippen molar-refractivity contribution in [1.82, 2.24) is 9.47 Å². The molecule has 0 spiro atoms. The Hall–Kier alpha value is -3.32. The van der Waals surface area contributed by atoms with Crippen molar-refractivity contribution in [2.24, 2.45) is 0 Å². The fraction of sp³-hybridized carbons (Fsp3) is 0.261. The highest BCUT2D eigenvalue weighted by atomic mass is 35.5. The standard InChI is InChI=1S/C23H24ClN3O4/c1-29-19-13-15(14-20(30-2)22(19)31-3)21-18-5-4-10-26(18)11-12-27(21)23(28)25-17-8-6-16(24)7-9-17/h4-10,13-14,21H,11-12H2,1-3H3,(H,25,28). The fourth-order valence-electron chi connectivity index (χ4n) is 3.94. The zero-order chi connectivity index (χ0) is 22.0. The Morgan fingerprint density at radius 1 is 1.00 bits per heavy atom. The van der Waals surface area contributed by atoms with Gasteiger partial charge in [-0.25, -0.2) is 4.79 Å². The van der Waals surface area contributed by atoms with E-state index in [1.54, 1.807) is 45.6 Å². The number of rotatable bonds is 5. The van der Waals surface area contributed by atoms with Gasteiger partial charge in [-0.05, 0) is 54.1 Å². The lowest BCUT2D eigenvalue weighted by molar-refractivity contribution is 0.181. The van der Waals surface area contributed by atoms with Crippen molar-refractivity contribution in [3.8, 4) is 17.2 Å². The number of amides is 2. The molecule has 1 aliphatic rings. The Balaban J connectivity index is 1.75. The molecule has 2 heterocycles. The molecule has 4 rings (SSSR count). The van der Waals surface area contributed by atoms with Crippen LogP contribution in [0.3, 0.4) is 0 Å². The first-order valence-electron chi connectivity index (χ1n) is 9.84. The van der Waals surface area contributed by atoms with Gasteiger partial charge in [-0.15, -0.1) is 0 Å². The number of anilines is 1. The van der Waals surface area contributed by atoms with E-state index >= 15 is 0 Å². The first kappa shape index (κ1) is 20.9. The summed E-state index contributed by atoms with van der Waals surface area (Å²) in [6.07, 6.45) is 2.02. The molecule has 0 saturated carbocycles. The van der Waals surface area contributed by atoms with Gasteiger partial charge in [0.05, 0.1) is 27.4 Å². The predicted molar refractivity (Wildman–Crippen MR) is 120 cm³/mol. The largest absolute Gasteiger partial charge is 0.493 e. The van der Waals surface area contributed by atoms with E-state index in [2.05, 4.69) is 9.88 Å². The Morgan fingerprint density at radius 2 is 1.68 bits per heavy atom. The molecule has 1 aliphatic heterocycles. The minimum atomic E-state index is -0.329. The number of hydrogen-bond donors (Lipinski definition) is 1. The number of carbonyl (C=O) groups excluding carboxylic acids is 1. The third kappa shape index (κ3) is 4.01. The van der Waals surface area contributed by atoms with Crippen LogP contribution >= 0.6 is 11.6 Å². The molecular weight excluding hydrogens is 418 g/mol. The molecule has 1 unspecified atom stereocenters. The van der Waals surface area contributed by atoms with Gasteiger partial charge in [0.1, 0.15) is 0 Å². The number of halogens is 1. The van der Waals surface area contributed by atoms with Gasteiger partial charge in [0.15, 0.2) is 11.5 Å². The summed E-state index contributed by atoms with van der Waals surface area (Å²) in [5.41, 5.74) is 2.55. The molecule has 162 valence electrons. The maximum absolute atomic E-state index is 13.3. The van der Waals surface area contributed by atoms with Crippen LogP contribution in [-0.2, 0) is 6.54 Å². The molecule has 2 aromatic carbocycles. The SMILES string of the molecule is COc1cc(C2c3cccn3CCN2C(=O)Nc2ccc(Cl)cc2)cc(OC)c1OC. The Kier molecular flexibility index (Phi) is 5.95.